The van der Waals surface area contributed by atoms with Gasteiger partial charge in [-0.3, -0.25) is 9.36 Å². The van der Waals surface area contributed by atoms with Crippen molar-refractivity contribution >= 4 is 5.91 Å². The average Bonchev–Trinajstić information content (AvgIpc) is 2.98. The van der Waals surface area contributed by atoms with Crippen LogP contribution >= 0.6 is 0 Å². The summed E-state index contributed by atoms with van der Waals surface area (Å²) >= 11 is 0. The maximum atomic E-state index is 13.0. The van der Waals surface area contributed by atoms with Crippen molar-refractivity contribution in [2.75, 3.05) is 13.2 Å². The largest absolute Gasteiger partial charge is 0.379 e. The summed E-state index contributed by atoms with van der Waals surface area (Å²) in [6.07, 6.45) is 4.90. The highest BCUT2D eigenvalue weighted by Crippen LogP contribution is 2.13. The van der Waals surface area contributed by atoms with Crippen molar-refractivity contribution in [1.82, 2.24) is 14.9 Å². The number of aromatic nitrogens is 2. The van der Waals surface area contributed by atoms with E-state index in [9.17, 15) is 9.18 Å². The molecule has 0 saturated carbocycles. The number of hydrogen-bond acceptors (Lipinski definition) is 3. The maximum absolute atomic E-state index is 13.0. The minimum absolute atomic E-state index is 0.0304. The van der Waals surface area contributed by atoms with Gasteiger partial charge in [0.15, 0.2) is 0 Å². The van der Waals surface area contributed by atoms with Gasteiger partial charge in [-0.05, 0) is 37.1 Å². The summed E-state index contributed by atoms with van der Waals surface area (Å²) in [6, 6.07) is 5.95. The molecule has 1 amide bonds. The fraction of sp³-hybridized carbons (Fsp3) is 0.333. The molecule has 0 aliphatic carbocycles. The molecule has 0 radical (unpaired) electrons. The van der Waals surface area contributed by atoms with Crippen molar-refractivity contribution in [3.63, 3.8) is 0 Å². The minimum Gasteiger partial charge on any atom is -0.379 e. The highest BCUT2D eigenvalue weighted by Gasteiger charge is 2.19. The Bertz CT molecular complexity index is 618. The van der Waals surface area contributed by atoms with Crippen LogP contribution in [0.25, 0.3) is 5.69 Å². The van der Waals surface area contributed by atoms with E-state index in [0.717, 1.165) is 19.4 Å². The van der Waals surface area contributed by atoms with Gasteiger partial charge in [-0.1, -0.05) is 0 Å². The molecule has 0 spiro atoms. The Balaban J connectivity index is 1.78. The van der Waals surface area contributed by atoms with Gasteiger partial charge in [0.1, 0.15) is 11.5 Å². The first-order chi connectivity index (χ1) is 10.2. The highest BCUT2D eigenvalue weighted by atomic mass is 19.1. The van der Waals surface area contributed by atoms with Gasteiger partial charge < -0.3 is 10.1 Å². The van der Waals surface area contributed by atoms with Gasteiger partial charge >= 0.3 is 0 Å². The number of carbonyl (C=O) groups excluding carboxylic acids is 1. The Kier molecular flexibility index (Phi) is 3.96. The first kappa shape index (κ1) is 13.8. The molecule has 1 N–H and O–H groups in total. The van der Waals surface area contributed by atoms with Crippen molar-refractivity contribution < 1.29 is 13.9 Å². The van der Waals surface area contributed by atoms with E-state index in [0.29, 0.717) is 18.0 Å². The third-order valence-corrected chi connectivity index (χ3v) is 3.47. The summed E-state index contributed by atoms with van der Waals surface area (Å²) in [5, 5.41) is 2.94. The molecule has 2 aromatic rings. The zero-order valence-corrected chi connectivity index (χ0v) is 11.5. The number of rotatable bonds is 3. The Morgan fingerprint density at radius 2 is 2.19 bits per heavy atom. The lowest BCUT2D eigenvalue weighted by Gasteiger charge is -2.23. The standard InChI is InChI=1S/C15H16FN3O2/c16-11-3-5-13(6-4-11)19-10-17-8-14(19)15(20)18-12-2-1-7-21-9-12/h3-6,8,10,12H,1-2,7,9H2,(H,18,20)/t12-/m0/s1. The van der Waals surface area contributed by atoms with Gasteiger partial charge in [0.25, 0.3) is 5.91 Å². The molecule has 0 unspecified atom stereocenters. The van der Waals surface area contributed by atoms with Crippen LogP contribution in [0.1, 0.15) is 23.3 Å². The van der Waals surface area contributed by atoms with Gasteiger partial charge in [-0.15, -0.1) is 0 Å². The smallest absolute Gasteiger partial charge is 0.270 e. The lowest BCUT2D eigenvalue weighted by molar-refractivity contribution is 0.0621. The van der Waals surface area contributed by atoms with Gasteiger partial charge in [0.05, 0.1) is 25.2 Å². The molecule has 6 heteroatoms. The summed E-state index contributed by atoms with van der Waals surface area (Å²) < 4.78 is 20.0. The van der Waals surface area contributed by atoms with E-state index < -0.39 is 0 Å². The third-order valence-electron chi connectivity index (χ3n) is 3.47. The van der Waals surface area contributed by atoms with Crippen LogP contribution in [0.15, 0.2) is 36.8 Å². The van der Waals surface area contributed by atoms with Crippen molar-refractivity contribution in [2.45, 2.75) is 18.9 Å². The molecule has 21 heavy (non-hydrogen) atoms. The van der Waals surface area contributed by atoms with E-state index in [-0.39, 0.29) is 17.8 Å². The van der Waals surface area contributed by atoms with Crippen LogP contribution in [0.4, 0.5) is 4.39 Å². The summed E-state index contributed by atoms with van der Waals surface area (Å²) in [4.78, 5) is 16.3. The quantitative estimate of drug-likeness (QED) is 0.939. The number of amides is 1. The summed E-state index contributed by atoms with van der Waals surface area (Å²) in [5.41, 5.74) is 1.12. The molecular formula is C15H16FN3O2. The molecule has 1 fully saturated rings. The number of hydrogen-bond donors (Lipinski definition) is 1. The number of imidazole rings is 1. The molecule has 2 heterocycles. The number of nitrogens with one attached hydrogen (secondary N) is 1. The van der Waals surface area contributed by atoms with E-state index >= 15 is 0 Å². The second kappa shape index (κ2) is 6.05. The number of nitrogens with zero attached hydrogens (tertiary/aromatic N) is 2. The van der Waals surface area contributed by atoms with Crippen molar-refractivity contribution in [1.29, 1.82) is 0 Å². The van der Waals surface area contributed by atoms with Crippen LogP contribution in [0.2, 0.25) is 0 Å². The average molecular weight is 289 g/mol. The Morgan fingerprint density at radius 3 is 2.90 bits per heavy atom. The summed E-state index contributed by atoms with van der Waals surface area (Å²) in [5.74, 6) is -0.517. The van der Waals surface area contributed by atoms with Crippen LogP contribution in [-0.2, 0) is 4.74 Å². The van der Waals surface area contributed by atoms with Crippen molar-refractivity contribution in [3.05, 3.63) is 48.3 Å². The van der Waals surface area contributed by atoms with E-state index in [1.807, 2.05) is 0 Å². The predicted octanol–water partition coefficient (Wildman–Crippen LogP) is 1.92. The van der Waals surface area contributed by atoms with Gasteiger partial charge in [0, 0.05) is 12.3 Å². The zero-order chi connectivity index (χ0) is 14.7. The molecule has 110 valence electrons. The molecule has 1 aliphatic heterocycles. The van der Waals surface area contributed by atoms with Crippen LogP contribution in [-0.4, -0.2) is 34.7 Å². The predicted molar refractivity (Wildman–Crippen MR) is 74.8 cm³/mol. The number of benzene rings is 1. The summed E-state index contributed by atoms with van der Waals surface area (Å²) in [7, 11) is 0. The van der Waals surface area contributed by atoms with Gasteiger partial charge in [0.2, 0.25) is 0 Å². The first-order valence-electron chi connectivity index (χ1n) is 6.91. The molecule has 1 atom stereocenters. The lowest BCUT2D eigenvalue weighted by Crippen LogP contribution is -2.41. The lowest BCUT2D eigenvalue weighted by atomic mass is 10.1. The fourth-order valence-electron chi connectivity index (χ4n) is 2.38. The molecule has 1 aliphatic rings. The Hall–Kier alpha value is -2.21. The van der Waals surface area contributed by atoms with Crippen molar-refractivity contribution in [2.24, 2.45) is 0 Å². The molecule has 1 aromatic heterocycles. The van der Waals surface area contributed by atoms with Crippen LogP contribution < -0.4 is 5.32 Å². The second-order valence-electron chi connectivity index (χ2n) is 5.01. The monoisotopic (exact) mass is 289 g/mol. The molecule has 1 saturated heterocycles. The third kappa shape index (κ3) is 3.11. The van der Waals surface area contributed by atoms with E-state index in [4.69, 9.17) is 4.74 Å². The van der Waals surface area contributed by atoms with Crippen molar-refractivity contribution in [3.8, 4) is 5.69 Å². The van der Waals surface area contributed by atoms with Crippen LogP contribution in [0.3, 0.4) is 0 Å². The van der Waals surface area contributed by atoms with Crippen LogP contribution in [0, 0.1) is 5.82 Å². The number of halogens is 1. The molecule has 0 bridgehead atoms. The Morgan fingerprint density at radius 1 is 1.38 bits per heavy atom. The number of carbonyl (C=O) groups is 1. The molecular weight excluding hydrogens is 273 g/mol. The van der Waals surface area contributed by atoms with E-state index in [1.165, 1.54) is 18.3 Å². The summed E-state index contributed by atoms with van der Waals surface area (Å²) in [6.45, 7) is 1.29. The second-order valence-corrected chi connectivity index (χ2v) is 5.01. The minimum atomic E-state index is -0.316. The van der Waals surface area contributed by atoms with Gasteiger partial charge in [-0.25, -0.2) is 9.37 Å². The molecule has 1 aromatic carbocycles. The zero-order valence-electron chi connectivity index (χ0n) is 11.5. The highest BCUT2D eigenvalue weighted by molar-refractivity contribution is 5.93. The maximum Gasteiger partial charge on any atom is 0.270 e. The topological polar surface area (TPSA) is 56.1 Å². The van der Waals surface area contributed by atoms with E-state index in [1.54, 1.807) is 23.0 Å². The fourth-order valence-corrected chi connectivity index (χ4v) is 2.38. The molecule has 3 rings (SSSR count). The molecule has 5 nitrogen and oxygen atoms in total. The number of ether oxygens (including phenoxy) is 1. The van der Waals surface area contributed by atoms with Crippen LogP contribution in [0.5, 0.6) is 0 Å². The first-order valence-corrected chi connectivity index (χ1v) is 6.91. The van der Waals surface area contributed by atoms with E-state index in [2.05, 4.69) is 10.3 Å². The SMILES string of the molecule is O=C(N[C@H]1CCCOC1)c1cncn1-c1ccc(F)cc1. The normalized spacial score (nSPS) is 18.4. The Labute approximate surface area is 121 Å². The van der Waals surface area contributed by atoms with Gasteiger partial charge in [-0.2, -0.15) is 0 Å².